The number of nitrogens with one attached hydrogen (secondary N) is 1. The molecule has 0 radical (unpaired) electrons. The molecule has 0 aromatic heterocycles. The fourth-order valence-electron chi connectivity index (χ4n) is 1.97. The van der Waals surface area contributed by atoms with E-state index in [1.54, 1.807) is 18.2 Å². The van der Waals surface area contributed by atoms with Crippen LogP contribution in [0.2, 0.25) is 0 Å². The number of carbonyl (C=O) groups excluding carboxylic acids is 1. The molecule has 0 spiro atoms. The third kappa shape index (κ3) is 4.97. The SMILES string of the molecule is CCN(CC)CCNC(=O)Cc1ccccc1[N+](=O)[O-]. The summed E-state index contributed by atoms with van der Waals surface area (Å²) in [6.45, 7) is 7.36. The van der Waals surface area contributed by atoms with Crippen molar-refractivity contribution in [2.45, 2.75) is 20.3 Å². The molecule has 0 heterocycles. The number of carbonyl (C=O) groups is 1. The number of para-hydroxylation sites is 1. The Morgan fingerprint density at radius 1 is 1.30 bits per heavy atom. The Morgan fingerprint density at radius 3 is 2.55 bits per heavy atom. The van der Waals surface area contributed by atoms with Gasteiger partial charge in [0.2, 0.25) is 5.91 Å². The highest BCUT2D eigenvalue weighted by Crippen LogP contribution is 2.17. The Morgan fingerprint density at radius 2 is 1.95 bits per heavy atom. The topological polar surface area (TPSA) is 75.5 Å². The molecule has 0 fully saturated rings. The summed E-state index contributed by atoms with van der Waals surface area (Å²) in [5, 5.41) is 13.6. The first-order valence-corrected chi connectivity index (χ1v) is 6.79. The molecule has 0 aliphatic heterocycles. The van der Waals surface area contributed by atoms with Crippen LogP contribution in [0.4, 0.5) is 5.69 Å². The first kappa shape index (κ1) is 16.1. The second kappa shape index (κ2) is 8.27. The number of nitrogens with zero attached hydrogens (tertiary/aromatic N) is 2. The molecule has 1 rings (SSSR count). The Labute approximate surface area is 118 Å². The second-order valence-electron chi connectivity index (χ2n) is 4.44. The van der Waals surface area contributed by atoms with Gasteiger partial charge in [-0.05, 0) is 13.1 Å². The monoisotopic (exact) mass is 279 g/mol. The molecule has 6 nitrogen and oxygen atoms in total. The molecule has 1 amide bonds. The fourth-order valence-corrected chi connectivity index (χ4v) is 1.97. The van der Waals surface area contributed by atoms with Gasteiger partial charge in [-0.2, -0.15) is 0 Å². The van der Waals surface area contributed by atoms with Gasteiger partial charge in [0, 0.05) is 24.7 Å². The Kier molecular flexibility index (Phi) is 6.66. The molecular weight excluding hydrogens is 258 g/mol. The summed E-state index contributed by atoms with van der Waals surface area (Å²) in [5.74, 6) is -0.188. The molecule has 0 aliphatic carbocycles. The first-order valence-electron chi connectivity index (χ1n) is 6.79. The number of hydrogen-bond acceptors (Lipinski definition) is 4. The number of nitro groups is 1. The van der Waals surface area contributed by atoms with Gasteiger partial charge in [-0.3, -0.25) is 14.9 Å². The highest BCUT2D eigenvalue weighted by atomic mass is 16.6. The van der Waals surface area contributed by atoms with E-state index in [-0.39, 0.29) is 18.0 Å². The predicted molar refractivity (Wildman–Crippen MR) is 77.6 cm³/mol. The largest absolute Gasteiger partial charge is 0.355 e. The van der Waals surface area contributed by atoms with Crippen molar-refractivity contribution in [1.29, 1.82) is 0 Å². The summed E-state index contributed by atoms with van der Waals surface area (Å²) >= 11 is 0. The maximum absolute atomic E-state index is 11.8. The average Bonchev–Trinajstić information content (AvgIpc) is 2.44. The third-order valence-electron chi connectivity index (χ3n) is 3.18. The Balaban J connectivity index is 2.49. The summed E-state index contributed by atoms with van der Waals surface area (Å²) < 4.78 is 0. The zero-order chi connectivity index (χ0) is 15.0. The molecule has 0 saturated heterocycles. The van der Waals surface area contributed by atoms with Gasteiger partial charge in [0.1, 0.15) is 0 Å². The zero-order valence-electron chi connectivity index (χ0n) is 12.0. The van der Waals surface area contributed by atoms with Gasteiger partial charge < -0.3 is 10.2 Å². The fraction of sp³-hybridized carbons (Fsp3) is 0.500. The number of benzene rings is 1. The van der Waals surface area contributed by atoms with E-state index in [1.807, 2.05) is 0 Å². The summed E-state index contributed by atoms with van der Waals surface area (Å²) in [4.78, 5) is 24.4. The molecule has 20 heavy (non-hydrogen) atoms. The van der Waals surface area contributed by atoms with E-state index in [1.165, 1.54) is 6.07 Å². The molecule has 0 saturated carbocycles. The predicted octanol–water partition coefficient (Wildman–Crippen LogP) is 1.60. The highest BCUT2D eigenvalue weighted by molar-refractivity contribution is 5.79. The molecular formula is C14H21N3O3. The number of nitro benzene ring substituents is 1. The lowest BCUT2D eigenvalue weighted by Gasteiger charge is -2.17. The van der Waals surface area contributed by atoms with Crippen LogP contribution in [-0.2, 0) is 11.2 Å². The van der Waals surface area contributed by atoms with Crippen LogP contribution in [0.5, 0.6) is 0 Å². The van der Waals surface area contributed by atoms with Crippen molar-refractivity contribution in [2.24, 2.45) is 0 Å². The van der Waals surface area contributed by atoms with E-state index in [0.717, 1.165) is 19.6 Å². The summed E-state index contributed by atoms with van der Waals surface area (Å²) in [6, 6.07) is 6.33. The van der Waals surface area contributed by atoms with Crippen molar-refractivity contribution in [3.8, 4) is 0 Å². The average molecular weight is 279 g/mol. The molecule has 1 aromatic rings. The molecule has 1 aromatic carbocycles. The molecule has 1 N–H and O–H groups in total. The van der Waals surface area contributed by atoms with Crippen molar-refractivity contribution in [1.82, 2.24) is 10.2 Å². The molecule has 6 heteroatoms. The van der Waals surface area contributed by atoms with Gasteiger partial charge in [-0.25, -0.2) is 0 Å². The van der Waals surface area contributed by atoms with Gasteiger partial charge in [0.15, 0.2) is 0 Å². The molecule has 110 valence electrons. The second-order valence-corrected chi connectivity index (χ2v) is 4.44. The van der Waals surface area contributed by atoms with E-state index in [0.29, 0.717) is 12.1 Å². The summed E-state index contributed by atoms with van der Waals surface area (Å²) in [6.07, 6.45) is 0.0371. The van der Waals surface area contributed by atoms with Crippen LogP contribution in [0.15, 0.2) is 24.3 Å². The van der Waals surface area contributed by atoms with Gasteiger partial charge in [-0.1, -0.05) is 32.0 Å². The number of amides is 1. The van der Waals surface area contributed by atoms with Crippen LogP contribution in [0.1, 0.15) is 19.4 Å². The van der Waals surface area contributed by atoms with Crippen molar-refractivity contribution in [3.05, 3.63) is 39.9 Å². The van der Waals surface area contributed by atoms with Crippen molar-refractivity contribution in [3.63, 3.8) is 0 Å². The maximum Gasteiger partial charge on any atom is 0.273 e. The van der Waals surface area contributed by atoms with Crippen molar-refractivity contribution < 1.29 is 9.72 Å². The van der Waals surface area contributed by atoms with E-state index in [4.69, 9.17) is 0 Å². The minimum Gasteiger partial charge on any atom is -0.355 e. The number of hydrogen-bond donors (Lipinski definition) is 1. The van der Waals surface area contributed by atoms with Gasteiger partial charge >= 0.3 is 0 Å². The highest BCUT2D eigenvalue weighted by Gasteiger charge is 2.15. The zero-order valence-corrected chi connectivity index (χ0v) is 12.0. The Hall–Kier alpha value is -1.95. The summed E-state index contributed by atoms with van der Waals surface area (Å²) in [5.41, 5.74) is 0.434. The standard InChI is InChI=1S/C14H21N3O3/c1-3-16(4-2)10-9-15-14(18)11-12-7-5-6-8-13(12)17(19)20/h5-8H,3-4,9-11H2,1-2H3,(H,15,18). The lowest BCUT2D eigenvalue weighted by molar-refractivity contribution is -0.385. The van der Waals surface area contributed by atoms with Crippen LogP contribution < -0.4 is 5.32 Å². The van der Waals surface area contributed by atoms with Crippen LogP contribution in [0.3, 0.4) is 0 Å². The van der Waals surface area contributed by atoms with E-state index < -0.39 is 4.92 Å². The molecule has 0 aliphatic rings. The van der Waals surface area contributed by atoms with Crippen LogP contribution in [-0.4, -0.2) is 41.9 Å². The molecule has 0 unspecified atom stereocenters. The molecule has 0 atom stereocenters. The smallest absolute Gasteiger partial charge is 0.273 e. The number of likely N-dealkylation sites (N-methyl/N-ethyl adjacent to an activating group) is 1. The normalized spacial score (nSPS) is 10.6. The van der Waals surface area contributed by atoms with Crippen molar-refractivity contribution in [2.75, 3.05) is 26.2 Å². The molecule has 0 bridgehead atoms. The number of rotatable bonds is 8. The van der Waals surface area contributed by atoms with Gasteiger partial charge in [-0.15, -0.1) is 0 Å². The summed E-state index contributed by atoms with van der Waals surface area (Å²) in [7, 11) is 0. The lowest BCUT2D eigenvalue weighted by atomic mass is 10.1. The minimum absolute atomic E-state index is 0.00797. The van der Waals surface area contributed by atoms with Crippen LogP contribution in [0, 0.1) is 10.1 Å². The third-order valence-corrected chi connectivity index (χ3v) is 3.18. The quantitative estimate of drug-likeness (QED) is 0.579. The van der Waals surface area contributed by atoms with Crippen LogP contribution >= 0.6 is 0 Å². The first-order chi connectivity index (χ1) is 9.58. The van der Waals surface area contributed by atoms with E-state index in [2.05, 4.69) is 24.1 Å². The van der Waals surface area contributed by atoms with Crippen molar-refractivity contribution >= 4 is 11.6 Å². The van der Waals surface area contributed by atoms with E-state index >= 15 is 0 Å². The van der Waals surface area contributed by atoms with Gasteiger partial charge in [0.25, 0.3) is 5.69 Å². The minimum atomic E-state index is -0.460. The van der Waals surface area contributed by atoms with Gasteiger partial charge in [0.05, 0.1) is 11.3 Å². The lowest BCUT2D eigenvalue weighted by Crippen LogP contribution is -2.35. The maximum atomic E-state index is 11.8. The Bertz CT molecular complexity index is 459. The van der Waals surface area contributed by atoms with E-state index in [9.17, 15) is 14.9 Å². The van der Waals surface area contributed by atoms with Crippen LogP contribution in [0.25, 0.3) is 0 Å².